The molecule has 0 saturated carbocycles. The number of thiazole rings is 1. The summed E-state index contributed by atoms with van der Waals surface area (Å²) >= 11 is 4.96. The summed E-state index contributed by atoms with van der Waals surface area (Å²) in [4.78, 5) is 16.2. The largest absolute Gasteiger partial charge is 0.382 e. The van der Waals surface area contributed by atoms with Crippen LogP contribution in [-0.2, 0) is 13.0 Å². The van der Waals surface area contributed by atoms with Gasteiger partial charge in [0.2, 0.25) is 0 Å². The summed E-state index contributed by atoms with van der Waals surface area (Å²) < 4.78 is 2.01. The number of hydrogen-bond donors (Lipinski definition) is 1. The van der Waals surface area contributed by atoms with Crippen LogP contribution in [0, 0.1) is 0 Å². The molecule has 5 nitrogen and oxygen atoms in total. The number of anilines is 1. The summed E-state index contributed by atoms with van der Waals surface area (Å²) in [5, 5.41) is 10.4. The van der Waals surface area contributed by atoms with E-state index in [1.54, 1.807) is 23.7 Å². The summed E-state index contributed by atoms with van der Waals surface area (Å²) in [6.45, 7) is 3.38. The van der Waals surface area contributed by atoms with Crippen molar-refractivity contribution in [1.82, 2.24) is 14.8 Å². The molecule has 2 aromatic heterocycles. The third kappa shape index (κ3) is 3.63. The van der Waals surface area contributed by atoms with Gasteiger partial charge in [0.15, 0.2) is 0 Å². The molecule has 0 aliphatic rings. The van der Waals surface area contributed by atoms with E-state index in [-0.39, 0.29) is 5.56 Å². The second-order valence-corrected chi connectivity index (χ2v) is 5.78. The Morgan fingerprint density at radius 2 is 2.37 bits per heavy atom. The summed E-state index contributed by atoms with van der Waals surface area (Å²) in [5.41, 5.74) is 0.634. The van der Waals surface area contributed by atoms with Gasteiger partial charge in [0, 0.05) is 31.1 Å². The average molecular weight is 343 g/mol. The molecule has 0 saturated heterocycles. The van der Waals surface area contributed by atoms with Gasteiger partial charge in [0.25, 0.3) is 5.56 Å². The maximum Gasteiger partial charge on any atom is 0.283 e. The van der Waals surface area contributed by atoms with Crippen LogP contribution in [0.1, 0.15) is 18.4 Å². The molecule has 0 spiro atoms. The second-order valence-electron chi connectivity index (χ2n) is 4.00. The maximum absolute atomic E-state index is 12.0. The van der Waals surface area contributed by atoms with Crippen molar-refractivity contribution in [2.75, 3.05) is 11.9 Å². The van der Waals surface area contributed by atoms with Crippen molar-refractivity contribution in [1.29, 1.82) is 0 Å². The van der Waals surface area contributed by atoms with Gasteiger partial charge in [-0.1, -0.05) is 6.92 Å². The highest BCUT2D eigenvalue weighted by Gasteiger charge is 2.08. The molecule has 0 atom stereocenters. The van der Waals surface area contributed by atoms with Crippen LogP contribution in [0.3, 0.4) is 0 Å². The average Bonchev–Trinajstić information content (AvgIpc) is 2.91. The normalized spacial score (nSPS) is 10.6. The first-order chi connectivity index (χ1) is 9.22. The van der Waals surface area contributed by atoms with Crippen molar-refractivity contribution in [3.63, 3.8) is 0 Å². The molecule has 0 bridgehead atoms. The fraction of sp³-hybridized carbons (Fsp3) is 0.417. The number of halogens is 1. The molecular formula is C12H15BrN4OS. The number of rotatable bonds is 6. The highest BCUT2D eigenvalue weighted by atomic mass is 79.9. The fourth-order valence-corrected chi connectivity index (χ4v) is 2.71. The second kappa shape index (κ2) is 6.81. The monoisotopic (exact) mass is 342 g/mol. The first-order valence-corrected chi connectivity index (χ1v) is 7.77. The Morgan fingerprint density at radius 3 is 3.05 bits per heavy atom. The van der Waals surface area contributed by atoms with Gasteiger partial charge in [-0.05, 0) is 22.4 Å². The molecule has 0 aliphatic carbocycles. The molecule has 0 unspecified atom stereocenters. The molecule has 2 aromatic rings. The summed E-state index contributed by atoms with van der Waals surface area (Å²) in [6, 6.07) is 0. The highest BCUT2D eigenvalue weighted by molar-refractivity contribution is 9.10. The Kier molecular flexibility index (Phi) is 5.09. The number of aryl methyl sites for hydroxylation is 1. The molecular weight excluding hydrogens is 328 g/mol. The van der Waals surface area contributed by atoms with Crippen molar-refractivity contribution in [3.8, 4) is 0 Å². The third-order valence-electron chi connectivity index (χ3n) is 2.56. The Balaban J connectivity index is 2.01. The van der Waals surface area contributed by atoms with Crippen molar-refractivity contribution in [2.24, 2.45) is 0 Å². The Hall–Kier alpha value is -1.21. The molecule has 102 valence electrons. The molecule has 7 heteroatoms. The first kappa shape index (κ1) is 14.2. The molecule has 1 N–H and O–H groups in total. The van der Waals surface area contributed by atoms with E-state index in [1.807, 2.05) is 12.3 Å². The molecule has 2 rings (SSSR count). The number of nitrogens with one attached hydrogen (secondary N) is 1. The van der Waals surface area contributed by atoms with E-state index in [0.29, 0.717) is 11.0 Å². The van der Waals surface area contributed by atoms with Gasteiger partial charge in [0.1, 0.15) is 4.47 Å². The van der Waals surface area contributed by atoms with Crippen molar-refractivity contribution in [2.45, 2.75) is 26.3 Å². The summed E-state index contributed by atoms with van der Waals surface area (Å²) in [5.74, 6) is 0. The van der Waals surface area contributed by atoms with Crippen LogP contribution in [0.4, 0.5) is 5.69 Å². The smallest absolute Gasteiger partial charge is 0.283 e. The van der Waals surface area contributed by atoms with Crippen molar-refractivity contribution in [3.05, 3.63) is 37.6 Å². The molecule has 0 amide bonds. The van der Waals surface area contributed by atoms with Gasteiger partial charge < -0.3 is 5.32 Å². The molecule has 19 heavy (non-hydrogen) atoms. The van der Waals surface area contributed by atoms with Gasteiger partial charge >= 0.3 is 0 Å². The predicted octanol–water partition coefficient (Wildman–Crippen LogP) is 2.53. The van der Waals surface area contributed by atoms with Crippen LogP contribution in [0.5, 0.6) is 0 Å². The summed E-state index contributed by atoms with van der Waals surface area (Å²) in [6.07, 6.45) is 5.20. The third-order valence-corrected chi connectivity index (χ3v) is 4.16. The molecule has 2 heterocycles. The number of hydrogen-bond acceptors (Lipinski definition) is 5. The van der Waals surface area contributed by atoms with E-state index >= 15 is 0 Å². The number of aromatic nitrogens is 3. The predicted molar refractivity (Wildman–Crippen MR) is 80.8 cm³/mol. The number of nitrogens with zero attached hydrogens (tertiary/aromatic N) is 3. The van der Waals surface area contributed by atoms with Gasteiger partial charge in [-0.2, -0.15) is 5.10 Å². The Labute approximate surface area is 123 Å². The highest BCUT2D eigenvalue weighted by Crippen LogP contribution is 2.16. The maximum atomic E-state index is 12.0. The van der Waals surface area contributed by atoms with Crippen molar-refractivity contribution >= 4 is 33.0 Å². The van der Waals surface area contributed by atoms with Crippen LogP contribution in [0.15, 0.2) is 27.0 Å². The quantitative estimate of drug-likeness (QED) is 0.876. The Morgan fingerprint density at radius 1 is 1.53 bits per heavy atom. The van der Waals surface area contributed by atoms with Crippen molar-refractivity contribution < 1.29 is 0 Å². The minimum atomic E-state index is -0.0962. The zero-order valence-electron chi connectivity index (χ0n) is 10.6. The first-order valence-electron chi connectivity index (χ1n) is 6.10. The zero-order valence-corrected chi connectivity index (χ0v) is 13.0. The summed E-state index contributed by atoms with van der Waals surface area (Å²) in [7, 11) is 0. The van der Waals surface area contributed by atoms with E-state index in [9.17, 15) is 4.79 Å². The van der Waals surface area contributed by atoms with Crippen LogP contribution >= 0.6 is 27.3 Å². The van der Waals surface area contributed by atoms with Gasteiger partial charge in [-0.3, -0.25) is 4.79 Å². The lowest BCUT2D eigenvalue weighted by Crippen LogP contribution is -2.24. The van der Waals surface area contributed by atoms with Gasteiger partial charge in [0.05, 0.1) is 16.9 Å². The minimum absolute atomic E-state index is 0.0962. The lowest BCUT2D eigenvalue weighted by Gasteiger charge is -2.09. The van der Waals surface area contributed by atoms with E-state index in [1.165, 1.54) is 4.68 Å². The van der Waals surface area contributed by atoms with Gasteiger partial charge in [-0.15, -0.1) is 11.3 Å². The minimum Gasteiger partial charge on any atom is -0.382 e. The fourth-order valence-electron chi connectivity index (χ4n) is 1.64. The van der Waals surface area contributed by atoms with Crippen LogP contribution in [0.25, 0.3) is 0 Å². The zero-order chi connectivity index (χ0) is 13.7. The standard InChI is InChI=1S/C12H15BrN4OS/c1-2-6-17-12(18)11(13)9(8-16-17)14-4-3-10-15-5-7-19-10/h5,7-8,14H,2-4,6H2,1H3. The van der Waals surface area contributed by atoms with E-state index in [2.05, 4.69) is 31.3 Å². The van der Waals surface area contributed by atoms with Crippen LogP contribution in [-0.4, -0.2) is 21.3 Å². The van der Waals surface area contributed by atoms with E-state index < -0.39 is 0 Å². The molecule has 0 fully saturated rings. The van der Waals surface area contributed by atoms with E-state index in [0.717, 1.165) is 30.1 Å². The molecule has 0 aromatic carbocycles. The molecule has 0 aliphatic heterocycles. The molecule has 0 radical (unpaired) electrons. The lowest BCUT2D eigenvalue weighted by molar-refractivity contribution is 0.566. The van der Waals surface area contributed by atoms with Crippen LogP contribution < -0.4 is 10.9 Å². The lowest BCUT2D eigenvalue weighted by atomic mass is 10.4. The van der Waals surface area contributed by atoms with Gasteiger partial charge in [-0.25, -0.2) is 9.67 Å². The topological polar surface area (TPSA) is 59.8 Å². The van der Waals surface area contributed by atoms with Crippen LogP contribution in [0.2, 0.25) is 0 Å². The SMILES string of the molecule is CCCn1ncc(NCCc2nccs2)c(Br)c1=O. The Bertz CT molecular complexity index is 582. The van der Waals surface area contributed by atoms with E-state index in [4.69, 9.17) is 0 Å².